The molecule has 0 saturated heterocycles. The van der Waals surface area contributed by atoms with E-state index in [0.717, 1.165) is 11.6 Å². The summed E-state index contributed by atoms with van der Waals surface area (Å²) < 4.78 is 18.4. The van der Waals surface area contributed by atoms with Crippen molar-refractivity contribution in [3.05, 3.63) is 88.3 Å². The normalized spacial score (nSPS) is 10.6. The van der Waals surface area contributed by atoms with E-state index in [4.69, 9.17) is 4.74 Å². The van der Waals surface area contributed by atoms with Crippen LogP contribution in [0.1, 0.15) is 48.0 Å². The van der Waals surface area contributed by atoms with Crippen molar-refractivity contribution in [3.8, 4) is 0 Å². The molecule has 1 amide bonds. The average Bonchev–Trinajstić information content (AvgIpc) is 3.06. The number of rotatable bonds is 7. The van der Waals surface area contributed by atoms with E-state index in [9.17, 15) is 18.8 Å². The molecule has 160 valence electrons. The van der Waals surface area contributed by atoms with E-state index in [2.05, 4.69) is 9.97 Å². The number of ketones is 1. The molecule has 8 heteroatoms. The molecule has 0 aliphatic rings. The molecule has 2 heterocycles. The van der Waals surface area contributed by atoms with Gasteiger partial charge in [0.15, 0.2) is 5.78 Å². The standard InChI is InChI=1S/C23H22FN3O4/c1-14-20(15(2)26-21(14)23(30)31-3)19(28)13-27(12-16-6-5-9-25-11-16)22(29)17-7-4-8-18(24)10-17/h4-11,26H,12-13H2,1-3H3. The minimum atomic E-state index is -0.581. The number of halogens is 1. The smallest absolute Gasteiger partial charge is 0.354 e. The van der Waals surface area contributed by atoms with Gasteiger partial charge in [0.1, 0.15) is 11.5 Å². The summed E-state index contributed by atoms with van der Waals surface area (Å²) in [5, 5.41) is 0. The number of hydrogen-bond acceptors (Lipinski definition) is 5. The van der Waals surface area contributed by atoms with Crippen LogP contribution in [0, 0.1) is 19.7 Å². The predicted octanol–water partition coefficient (Wildman–Crippen LogP) is 3.48. The van der Waals surface area contributed by atoms with Gasteiger partial charge in [0.25, 0.3) is 5.91 Å². The number of carbonyl (C=O) groups is 3. The second kappa shape index (κ2) is 9.34. The number of nitrogens with zero attached hydrogens (tertiary/aromatic N) is 2. The van der Waals surface area contributed by atoms with Gasteiger partial charge in [-0.1, -0.05) is 12.1 Å². The molecular formula is C23H22FN3O4. The third-order valence-electron chi connectivity index (χ3n) is 4.90. The molecule has 0 fully saturated rings. The number of H-pyrrole nitrogens is 1. The summed E-state index contributed by atoms with van der Waals surface area (Å²) >= 11 is 0. The van der Waals surface area contributed by atoms with Gasteiger partial charge in [-0.05, 0) is 49.2 Å². The number of methoxy groups -OCH3 is 1. The lowest BCUT2D eigenvalue weighted by Gasteiger charge is -2.22. The van der Waals surface area contributed by atoms with Gasteiger partial charge in [0.2, 0.25) is 0 Å². The first-order chi connectivity index (χ1) is 14.8. The van der Waals surface area contributed by atoms with Crippen LogP contribution in [0.15, 0.2) is 48.8 Å². The van der Waals surface area contributed by atoms with E-state index in [0.29, 0.717) is 16.8 Å². The number of nitrogens with one attached hydrogen (secondary N) is 1. The van der Waals surface area contributed by atoms with Crippen LogP contribution in [-0.4, -0.2) is 46.2 Å². The van der Waals surface area contributed by atoms with Crippen LogP contribution in [0.4, 0.5) is 4.39 Å². The maximum atomic E-state index is 13.7. The number of Topliss-reactive ketones (excluding diaryl/α,β-unsaturated/α-hetero) is 1. The van der Waals surface area contributed by atoms with Crippen molar-refractivity contribution >= 4 is 17.7 Å². The zero-order valence-corrected chi connectivity index (χ0v) is 17.4. The highest BCUT2D eigenvalue weighted by molar-refractivity contribution is 6.05. The Bertz CT molecular complexity index is 1130. The lowest BCUT2D eigenvalue weighted by molar-refractivity contribution is 0.0593. The highest BCUT2D eigenvalue weighted by Gasteiger charge is 2.26. The van der Waals surface area contributed by atoms with Crippen LogP contribution in [0.3, 0.4) is 0 Å². The molecule has 2 aromatic heterocycles. The Labute approximate surface area is 178 Å². The lowest BCUT2D eigenvalue weighted by atomic mass is 10.0. The molecule has 1 N–H and O–H groups in total. The fourth-order valence-electron chi connectivity index (χ4n) is 3.44. The quantitative estimate of drug-likeness (QED) is 0.464. The third-order valence-corrected chi connectivity index (χ3v) is 4.90. The van der Waals surface area contributed by atoms with Crippen molar-refractivity contribution < 1.29 is 23.5 Å². The van der Waals surface area contributed by atoms with Crippen molar-refractivity contribution in [1.82, 2.24) is 14.9 Å². The second-order valence-corrected chi connectivity index (χ2v) is 7.07. The molecule has 0 unspecified atom stereocenters. The summed E-state index contributed by atoms with van der Waals surface area (Å²) in [6.45, 7) is 3.17. The van der Waals surface area contributed by atoms with Crippen molar-refractivity contribution in [2.75, 3.05) is 13.7 Å². The summed E-state index contributed by atoms with van der Waals surface area (Å²) in [4.78, 5) is 46.5. The fraction of sp³-hybridized carbons (Fsp3) is 0.217. The Morgan fingerprint density at radius 1 is 1.16 bits per heavy atom. The van der Waals surface area contributed by atoms with E-state index in [1.807, 2.05) is 0 Å². The summed E-state index contributed by atoms with van der Waals surface area (Å²) in [6, 6.07) is 8.82. The summed E-state index contributed by atoms with van der Waals surface area (Å²) in [7, 11) is 1.26. The molecule has 3 rings (SSSR count). The maximum Gasteiger partial charge on any atom is 0.354 e. The minimum absolute atomic E-state index is 0.112. The Hall–Kier alpha value is -3.81. The van der Waals surface area contributed by atoms with E-state index < -0.39 is 17.7 Å². The van der Waals surface area contributed by atoms with Gasteiger partial charge in [0.05, 0.1) is 13.7 Å². The molecule has 0 saturated carbocycles. The van der Waals surface area contributed by atoms with E-state index in [1.165, 1.54) is 30.2 Å². The van der Waals surface area contributed by atoms with Crippen molar-refractivity contribution in [1.29, 1.82) is 0 Å². The van der Waals surface area contributed by atoms with E-state index in [-0.39, 0.29) is 30.1 Å². The first kappa shape index (κ1) is 21.9. The average molecular weight is 423 g/mol. The first-order valence-electron chi connectivity index (χ1n) is 9.56. The fourth-order valence-corrected chi connectivity index (χ4v) is 3.44. The molecule has 0 atom stereocenters. The van der Waals surface area contributed by atoms with Gasteiger partial charge < -0.3 is 14.6 Å². The largest absolute Gasteiger partial charge is 0.464 e. The summed E-state index contributed by atoms with van der Waals surface area (Å²) in [5.41, 5.74) is 2.32. The van der Waals surface area contributed by atoms with Crippen molar-refractivity contribution in [3.63, 3.8) is 0 Å². The highest BCUT2D eigenvalue weighted by atomic mass is 19.1. The molecular weight excluding hydrogens is 401 g/mol. The second-order valence-electron chi connectivity index (χ2n) is 7.07. The number of hydrogen-bond donors (Lipinski definition) is 1. The zero-order chi connectivity index (χ0) is 22.5. The molecule has 7 nitrogen and oxygen atoms in total. The first-order valence-corrected chi connectivity index (χ1v) is 9.56. The molecule has 0 radical (unpaired) electrons. The maximum absolute atomic E-state index is 13.7. The number of carbonyl (C=O) groups excluding carboxylic acids is 3. The van der Waals surface area contributed by atoms with E-state index >= 15 is 0 Å². The number of aromatic nitrogens is 2. The van der Waals surface area contributed by atoms with Crippen LogP contribution in [0.2, 0.25) is 0 Å². The van der Waals surface area contributed by atoms with Gasteiger partial charge in [0, 0.05) is 35.8 Å². The van der Waals surface area contributed by atoms with E-state index in [1.54, 1.807) is 38.4 Å². The summed E-state index contributed by atoms with van der Waals surface area (Å²) in [6.07, 6.45) is 3.20. The Morgan fingerprint density at radius 3 is 2.58 bits per heavy atom. The molecule has 31 heavy (non-hydrogen) atoms. The number of ether oxygens (including phenoxy) is 1. The van der Waals surface area contributed by atoms with Gasteiger partial charge >= 0.3 is 5.97 Å². The predicted molar refractivity (Wildman–Crippen MR) is 111 cm³/mol. The number of benzene rings is 1. The Kier molecular flexibility index (Phi) is 6.59. The Morgan fingerprint density at radius 2 is 1.94 bits per heavy atom. The van der Waals surface area contributed by atoms with Gasteiger partial charge in [-0.2, -0.15) is 0 Å². The SMILES string of the molecule is COC(=O)c1[nH]c(C)c(C(=O)CN(Cc2cccnc2)C(=O)c2cccc(F)c2)c1C. The number of pyridine rings is 1. The molecule has 0 aliphatic heterocycles. The van der Waals surface area contributed by atoms with Gasteiger partial charge in [-0.3, -0.25) is 14.6 Å². The Balaban J connectivity index is 1.93. The third kappa shape index (κ3) is 4.85. The van der Waals surface area contributed by atoms with Crippen molar-refractivity contribution in [2.24, 2.45) is 0 Å². The molecule has 1 aromatic carbocycles. The molecule has 0 aliphatic carbocycles. The highest BCUT2D eigenvalue weighted by Crippen LogP contribution is 2.21. The van der Waals surface area contributed by atoms with Gasteiger partial charge in [-0.25, -0.2) is 9.18 Å². The monoisotopic (exact) mass is 423 g/mol. The van der Waals surface area contributed by atoms with Crippen molar-refractivity contribution in [2.45, 2.75) is 20.4 Å². The number of aryl methyl sites for hydroxylation is 1. The van der Waals surface area contributed by atoms with Crippen LogP contribution in [-0.2, 0) is 11.3 Å². The van der Waals surface area contributed by atoms with Crippen LogP contribution in [0.5, 0.6) is 0 Å². The number of amides is 1. The van der Waals surface area contributed by atoms with Gasteiger partial charge in [-0.15, -0.1) is 0 Å². The minimum Gasteiger partial charge on any atom is -0.464 e. The molecule has 0 bridgehead atoms. The number of esters is 1. The lowest BCUT2D eigenvalue weighted by Crippen LogP contribution is -2.35. The molecule has 0 spiro atoms. The number of aromatic amines is 1. The zero-order valence-electron chi connectivity index (χ0n) is 17.4. The topological polar surface area (TPSA) is 92.4 Å². The molecule has 3 aromatic rings. The van der Waals surface area contributed by atoms with Crippen LogP contribution >= 0.6 is 0 Å². The van der Waals surface area contributed by atoms with Crippen LogP contribution < -0.4 is 0 Å². The summed E-state index contributed by atoms with van der Waals surface area (Å²) in [5.74, 6) is -1.97. The van der Waals surface area contributed by atoms with Crippen LogP contribution in [0.25, 0.3) is 0 Å².